The molecule has 4 unspecified atom stereocenters. The third kappa shape index (κ3) is 7.24. The Kier molecular flexibility index (Phi) is 7.63. The largest absolute Gasteiger partial charge is 0.444 e. The first-order valence-electron chi connectivity index (χ1n) is 11.3. The molecule has 7 heteroatoms. The summed E-state index contributed by atoms with van der Waals surface area (Å²) in [5.74, 6) is -0.263. The van der Waals surface area contributed by atoms with Crippen LogP contribution in [0.5, 0.6) is 0 Å². The number of ether oxygens (including phenoxy) is 1. The predicted molar refractivity (Wildman–Crippen MR) is 125 cm³/mol. The molecule has 0 radical (unpaired) electrons. The van der Waals surface area contributed by atoms with Gasteiger partial charge in [0.05, 0.1) is 0 Å². The van der Waals surface area contributed by atoms with Crippen molar-refractivity contribution in [2.24, 2.45) is 5.92 Å². The van der Waals surface area contributed by atoms with Crippen LogP contribution in [0.25, 0.3) is 0 Å². The molecule has 0 bridgehead atoms. The topological polar surface area (TPSA) is 87.7 Å². The zero-order valence-corrected chi connectivity index (χ0v) is 20.9. The molecule has 0 spiro atoms. The van der Waals surface area contributed by atoms with Gasteiger partial charge in [0, 0.05) is 11.6 Å². The highest BCUT2D eigenvalue weighted by molar-refractivity contribution is 5.92. The maximum absolute atomic E-state index is 13.6. The van der Waals surface area contributed by atoms with E-state index in [0.29, 0.717) is 0 Å². The SMILES string of the molecule is Cc1ccc(C(C(=O)NC(C)(C)C)N(C(=O)C(C)NC(=O)OC(C)(C)C)C2CC2C)cc1. The molecule has 1 aliphatic carbocycles. The van der Waals surface area contributed by atoms with E-state index in [0.717, 1.165) is 17.5 Å². The Balaban J connectivity index is 2.38. The molecule has 1 aromatic rings. The Morgan fingerprint density at radius 3 is 2.03 bits per heavy atom. The lowest BCUT2D eigenvalue weighted by Gasteiger charge is -2.36. The molecule has 0 aliphatic heterocycles. The highest BCUT2D eigenvalue weighted by Gasteiger charge is 2.47. The molecule has 2 rings (SSSR count). The number of nitrogens with one attached hydrogen (secondary N) is 2. The fourth-order valence-corrected chi connectivity index (χ4v) is 3.57. The van der Waals surface area contributed by atoms with Gasteiger partial charge in [0.25, 0.3) is 0 Å². The lowest BCUT2D eigenvalue weighted by Crippen LogP contribution is -2.54. The number of nitrogens with zero attached hydrogens (tertiary/aromatic N) is 1. The number of aryl methyl sites for hydroxylation is 1. The van der Waals surface area contributed by atoms with Crippen LogP contribution in [-0.2, 0) is 14.3 Å². The van der Waals surface area contributed by atoms with Crippen LogP contribution in [0, 0.1) is 12.8 Å². The maximum atomic E-state index is 13.6. The first kappa shape index (κ1) is 25.7. The van der Waals surface area contributed by atoms with Crippen molar-refractivity contribution in [2.75, 3.05) is 0 Å². The van der Waals surface area contributed by atoms with Crippen LogP contribution >= 0.6 is 0 Å². The van der Waals surface area contributed by atoms with Crippen molar-refractivity contribution in [2.45, 2.75) is 98.0 Å². The van der Waals surface area contributed by atoms with Crippen LogP contribution in [0.4, 0.5) is 4.79 Å². The van der Waals surface area contributed by atoms with Gasteiger partial charge in [0.15, 0.2) is 0 Å². The average molecular weight is 446 g/mol. The molecule has 1 fully saturated rings. The summed E-state index contributed by atoms with van der Waals surface area (Å²) in [6, 6.07) is 5.96. The highest BCUT2D eigenvalue weighted by atomic mass is 16.6. The average Bonchev–Trinajstić information content (AvgIpc) is 3.32. The molecule has 1 aromatic carbocycles. The van der Waals surface area contributed by atoms with Crippen molar-refractivity contribution >= 4 is 17.9 Å². The fraction of sp³-hybridized carbons (Fsp3) is 0.640. The number of carbonyl (C=O) groups excluding carboxylic acids is 3. The van der Waals surface area contributed by atoms with Crippen molar-refractivity contribution in [1.29, 1.82) is 0 Å². The second-order valence-corrected chi connectivity index (χ2v) is 10.9. The van der Waals surface area contributed by atoms with Crippen LogP contribution in [0.1, 0.15) is 79.0 Å². The van der Waals surface area contributed by atoms with Gasteiger partial charge in [0.1, 0.15) is 17.7 Å². The summed E-state index contributed by atoms with van der Waals surface area (Å²) in [6.45, 7) is 16.7. The van der Waals surface area contributed by atoms with E-state index in [1.807, 2.05) is 52.0 Å². The zero-order valence-electron chi connectivity index (χ0n) is 20.9. The monoisotopic (exact) mass is 445 g/mol. The lowest BCUT2D eigenvalue weighted by atomic mass is 9.99. The van der Waals surface area contributed by atoms with Crippen LogP contribution in [0.2, 0.25) is 0 Å². The van der Waals surface area contributed by atoms with Gasteiger partial charge in [0.2, 0.25) is 11.8 Å². The van der Waals surface area contributed by atoms with Crippen LogP contribution in [0.3, 0.4) is 0 Å². The number of carbonyl (C=O) groups is 3. The van der Waals surface area contributed by atoms with Gasteiger partial charge in [-0.2, -0.15) is 0 Å². The summed E-state index contributed by atoms with van der Waals surface area (Å²) in [6.07, 6.45) is 0.156. The molecule has 32 heavy (non-hydrogen) atoms. The lowest BCUT2D eigenvalue weighted by molar-refractivity contribution is -0.143. The third-order valence-corrected chi connectivity index (χ3v) is 5.20. The fourth-order valence-electron chi connectivity index (χ4n) is 3.57. The highest BCUT2D eigenvalue weighted by Crippen LogP contribution is 2.40. The standard InChI is InChI=1S/C25H39N3O4/c1-15-10-12-18(13-11-15)20(21(29)27-24(4,5)6)28(19-14-16(19)2)22(30)17(3)26-23(31)32-25(7,8)9/h10-13,16-17,19-20H,14H2,1-9H3,(H,26,31)(H,27,29). The van der Waals surface area contributed by atoms with Gasteiger partial charge < -0.3 is 20.3 Å². The molecule has 0 heterocycles. The van der Waals surface area contributed by atoms with E-state index in [-0.39, 0.29) is 23.8 Å². The minimum Gasteiger partial charge on any atom is -0.444 e. The molecule has 7 nitrogen and oxygen atoms in total. The molecule has 178 valence electrons. The summed E-state index contributed by atoms with van der Waals surface area (Å²) in [5, 5.41) is 5.66. The van der Waals surface area contributed by atoms with Crippen molar-refractivity contribution in [3.8, 4) is 0 Å². The van der Waals surface area contributed by atoms with Crippen molar-refractivity contribution in [1.82, 2.24) is 15.5 Å². The van der Waals surface area contributed by atoms with Gasteiger partial charge in [-0.05, 0) is 73.3 Å². The normalized spacial score (nSPS) is 20.0. The summed E-state index contributed by atoms with van der Waals surface area (Å²) in [4.78, 5) is 41.0. The first-order valence-corrected chi connectivity index (χ1v) is 11.3. The third-order valence-electron chi connectivity index (χ3n) is 5.20. The molecule has 0 aromatic heterocycles. The van der Waals surface area contributed by atoms with E-state index in [1.54, 1.807) is 32.6 Å². The number of benzene rings is 1. The van der Waals surface area contributed by atoms with Gasteiger partial charge in [-0.25, -0.2) is 4.79 Å². The molecular weight excluding hydrogens is 406 g/mol. The summed E-state index contributed by atoms with van der Waals surface area (Å²) < 4.78 is 5.31. The predicted octanol–water partition coefficient (Wildman–Crippen LogP) is 4.10. The van der Waals surface area contributed by atoms with E-state index in [2.05, 4.69) is 17.6 Å². The molecule has 4 atom stereocenters. The summed E-state index contributed by atoms with van der Waals surface area (Å²) in [7, 11) is 0. The van der Waals surface area contributed by atoms with Crippen LogP contribution in [0.15, 0.2) is 24.3 Å². The van der Waals surface area contributed by atoms with Crippen molar-refractivity contribution in [3.05, 3.63) is 35.4 Å². The maximum Gasteiger partial charge on any atom is 0.408 e. The van der Waals surface area contributed by atoms with E-state index in [4.69, 9.17) is 4.74 Å². The van der Waals surface area contributed by atoms with E-state index in [9.17, 15) is 14.4 Å². The Bertz CT molecular complexity index is 836. The minimum absolute atomic E-state index is 0.0672. The Morgan fingerprint density at radius 2 is 1.59 bits per heavy atom. The van der Waals surface area contributed by atoms with Gasteiger partial charge in [-0.15, -0.1) is 0 Å². The smallest absolute Gasteiger partial charge is 0.408 e. The molecule has 3 amide bonds. The van der Waals surface area contributed by atoms with E-state index < -0.39 is 29.3 Å². The number of hydrogen-bond donors (Lipinski definition) is 2. The number of rotatable bonds is 6. The van der Waals surface area contributed by atoms with Gasteiger partial charge in [-0.1, -0.05) is 36.8 Å². The zero-order chi connectivity index (χ0) is 24.4. The molecule has 1 saturated carbocycles. The van der Waals surface area contributed by atoms with Gasteiger partial charge >= 0.3 is 6.09 Å². The number of hydrogen-bond acceptors (Lipinski definition) is 4. The quantitative estimate of drug-likeness (QED) is 0.690. The molecule has 2 N–H and O–H groups in total. The van der Waals surface area contributed by atoms with Gasteiger partial charge in [-0.3, -0.25) is 9.59 Å². The van der Waals surface area contributed by atoms with E-state index in [1.165, 1.54) is 0 Å². The summed E-state index contributed by atoms with van der Waals surface area (Å²) >= 11 is 0. The Hall–Kier alpha value is -2.57. The van der Waals surface area contributed by atoms with Crippen molar-refractivity contribution in [3.63, 3.8) is 0 Å². The van der Waals surface area contributed by atoms with Crippen LogP contribution < -0.4 is 10.6 Å². The first-order chi connectivity index (χ1) is 14.6. The molecule has 1 aliphatic rings. The number of alkyl carbamates (subject to hydrolysis) is 1. The Morgan fingerprint density at radius 1 is 1.06 bits per heavy atom. The second-order valence-electron chi connectivity index (χ2n) is 10.9. The molecule has 0 saturated heterocycles. The second kappa shape index (κ2) is 9.51. The minimum atomic E-state index is -0.840. The Labute approximate surface area is 192 Å². The summed E-state index contributed by atoms with van der Waals surface area (Å²) in [5.41, 5.74) is 0.689. The van der Waals surface area contributed by atoms with Crippen LogP contribution in [-0.4, -0.2) is 46.0 Å². The van der Waals surface area contributed by atoms with E-state index >= 15 is 0 Å². The van der Waals surface area contributed by atoms with Crippen molar-refractivity contribution < 1.29 is 19.1 Å². The number of amides is 3. The molecular formula is C25H39N3O4.